The van der Waals surface area contributed by atoms with Crippen LogP contribution in [0, 0.1) is 23.1 Å². The maximum atomic E-state index is 13.7. The van der Waals surface area contributed by atoms with Gasteiger partial charge in [-0.2, -0.15) is 5.26 Å². The fraction of sp³-hybridized carbons (Fsp3) is 0.435. The fourth-order valence-corrected chi connectivity index (χ4v) is 4.00. The second kappa shape index (κ2) is 8.87. The normalized spacial score (nSPS) is 16.1. The minimum absolute atomic E-state index is 0.133. The number of nitriles is 1. The molecule has 2 aromatic carbocycles. The Morgan fingerprint density at radius 2 is 1.85 bits per heavy atom. The SMILES string of the molecule is CN(CCCC(C#N)(c1ccc(Cl)cc1)C1CC1)CCc1ccccc1F. The third-order valence-electron chi connectivity index (χ3n) is 5.66. The van der Waals surface area contributed by atoms with Crippen LogP contribution in [0.5, 0.6) is 0 Å². The van der Waals surface area contributed by atoms with E-state index < -0.39 is 5.41 Å². The van der Waals surface area contributed by atoms with Gasteiger partial charge in [-0.3, -0.25) is 0 Å². The zero-order valence-electron chi connectivity index (χ0n) is 15.8. The molecule has 1 atom stereocenters. The van der Waals surface area contributed by atoms with Gasteiger partial charge in [0.15, 0.2) is 0 Å². The summed E-state index contributed by atoms with van der Waals surface area (Å²) in [6.45, 7) is 1.71. The van der Waals surface area contributed by atoms with Crippen LogP contribution in [0.15, 0.2) is 48.5 Å². The summed E-state index contributed by atoms with van der Waals surface area (Å²) in [5.41, 5.74) is 1.44. The van der Waals surface area contributed by atoms with Gasteiger partial charge in [0.25, 0.3) is 0 Å². The largest absolute Gasteiger partial charge is 0.306 e. The highest BCUT2D eigenvalue weighted by Gasteiger charge is 2.46. The van der Waals surface area contributed by atoms with Crippen LogP contribution in [-0.2, 0) is 11.8 Å². The molecule has 1 unspecified atom stereocenters. The Hall–Kier alpha value is -1.89. The van der Waals surface area contributed by atoms with E-state index in [9.17, 15) is 9.65 Å². The molecule has 0 aromatic heterocycles. The minimum atomic E-state index is -0.406. The Bertz CT molecular complexity index is 795. The molecule has 0 aliphatic heterocycles. The standard InChI is InChI=1S/C23H26ClFN2/c1-27(16-13-18-5-2-3-6-22(18)25)15-4-14-23(17-26,19-7-8-19)20-9-11-21(24)12-10-20/h2-3,5-6,9-12,19H,4,7-8,13-16H2,1H3. The third kappa shape index (κ3) is 4.89. The van der Waals surface area contributed by atoms with Crippen LogP contribution in [0.25, 0.3) is 0 Å². The first-order valence-electron chi connectivity index (χ1n) is 9.64. The maximum Gasteiger partial charge on any atom is 0.126 e. The van der Waals surface area contributed by atoms with E-state index >= 15 is 0 Å². The van der Waals surface area contributed by atoms with Gasteiger partial charge in [-0.15, -0.1) is 0 Å². The van der Waals surface area contributed by atoms with E-state index in [-0.39, 0.29) is 5.82 Å². The van der Waals surface area contributed by atoms with Gasteiger partial charge in [0.05, 0.1) is 11.5 Å². The van der Waals surface area contributed by atoms with Crippen LogP contribution in [0.4, 0.5) is 4.39 Å². The van der Waals surface area contributed by atoms with Crippen LogP contribution in [-0.4, -0.2) is 25.0 Å². The van der Waals surface area contributed by atoms with Gasteiger partial charge in [0, 0.05) is 11.6 Å². The molecule has 142 valence electrons. The molecule has 27 heavy (non-hydrogen) atoms. The van der Waals surface area contributed by atoms with Crippen molar-refractivity contribution in [1.29, 1.82) is 5.26 Å². The third-order valence-corrected chi connectivity index (χ3v) is 5.92. The molecule has 0 heterocycles. The van der Waals surface area contributed by atoms with E-state index in [1.54, 1.807) is 6.07 Å². The average Bonchev–Trinajstić information content (AvgIpc) is 3.51. The Balaban J connectivity index is 1.56. The van der Waals surface area contributed by atoms with Gasteiger partial charge in [-0.25, -0.2) is 4.39 Å². The number of rotatable bonds is 9. The second-order valence-corrected chi connectivity index (χ2v) is 8.05. The maximum absolute atomic E-state index is 13.7. The average molecular weight is 385 g/mol. The minimum Gasteiger partial charge on any atom is -0.306 e. The van der Waals surface area contributed by atoms with Crippen LogP contribution in [0.2, 0.25) is 5.02 Å². The molecule has 0 radical (unpaired) electrons. The first-order valence-corrected chi connectivity index (χ1v) is 10.0. The first kappa shape index (κ1) is 19.9. The quantitative estimate of drug-likeness (QED) is 0.562. The van der Waals surface area contributed by atoms with E-state index in [0.717, 1.165) is 49.9 Å². The van der Waals surface area contributed by atoms with Crippen LogP contribution >= 0.6 is 11.6 Å². The fourth-order valence-electron chi connectivity index (χ4n) is 3.87. The van der Waals surface area contributed by atoms with Crippen LogP contribution in [0.1, 0.15) is 36.8 Å². The van der Waals surface area contributed by atoms with Gasteiger partial charge in [-0.05, 0) is 80.9 Å². The van der Waals surface area contributed by atoms with E-state index in [4.69, 9.17) is 11.6 Å². The van der Waals surface area contributed by atoms with Crippen molar-refractivity contribution in [3.05, 3.63) is 70.5 Å². The predicted molar refractivity (Wildman–Crippen MR) is 108 cm³/mol. The van der Waals surface area contributed by atoms with E-state index in [1.165, 1.54) is 6.07 Å². The molecule has 0 amide bonds. The summed E-state index contributed by atoms with van der Waals surface area (Å²) in [5, 5.41) is 10.7. The lowest BCUT2D eigenvalue weighted by Gasteiger charge is -2.28. The molecule has 0 N–H and O–H groups in total. The summed E-state index contributed by atoms with van der Waals surface area (Å²) in [4.78, 5) is 2.23. The lowest BCUT2D eigenvalue weighted by molar-refractivity contribution is 0.307. The molecule has 0 spiro atoms. The van der Waals surface area contributed by atoms with Gasteiger partial charge in [0.2, 0.25) is 0 Å². The molecule has 1 aliphatic rings. The molecule has 1 aliphatic carbocycles. The summed E-state index contributed by atoms with van der Waals surface area (Å²) >= 11 is 6.03. The number of hydrogen-bond donors (Lipinski definition) is 0. The van der Waals surface area contributed by atoms with Crippen molar-refractivity contribution < 1.29 is 4.39 Å². The molecular weight excluding hydrogens is 359 g/mol. The highest BCUT2D eigenvalue weighted by molar-refractivity contribution is 6.30. The summed E-state index contributed by atoms with van der Waals surface area (Å²) in [6.07, 6.45) is 4.74. The Morgan fingerprint density at radius 3 is 2.48 bits per heavy atom. The molecule has 0 saturated heterocycles. The van der Waals surface area contributed by atoms with Crippen LogP contribution in [0.3, 0.4) is 0 Å². The molecular formula is C23H26ClFN2. The molecule has 2 nitrogen and oxygen atoms in total. The van der Waals surface area contributed by atoms with Crippen molar-refractivity contribution in [2.24, 2.45) is 5.92 Å². The van der Waals surface area contributed by atoms with Crippen molar-refractivity contribution in [2.45, 2.75) is 37.5 Å². The summed E-state index contributed by atoms with van der Waals surface area (Å²) in [5.74, 6) is 0.318. The first-order chi connectivity index (χ1) is 13.0. The number of nitrogens with zero attached hydrogens (tertiary/aromatic N) is 2. The number of likely N-dealkylation sites (N-methyl/N-ethyl adjacent to an activating group) is 1. The van der Waals surface area contributed by atoms with E-state index in [1.807, 2.05) is 36.4 Å². The highest BCUT2D eigenvalue weighted by atomic mass is 35.5. The number of halogens is 2. The van der Waals surface area contributed by atoms with Crippen molar-refractivity contribution in [3.8, 4) is 6.07 Å². The lowest BCUT2D eigenvalue weighted by atomic mass is 9.74. The van der Waals surface area contributed by atoms with Gasteiger partial charge >= 0.3 is 0 Å². The number of benzene rings is 2. The monoisotopic (exact) mass is 384 g/mol. The van der Waals surface area contributed by atoms with Gasteiger partial charge < -0.3 is 4.90 Å². The number of hydrogen-bond acceptors (Lipinski definition) is 2. The highest BCUT2D eigenvalue weighted by Crippen LogP contribution is 2.50. The summed E-state index contributed by atoms with van der Waals surface area (Å²) in [7, 11) is 2.06. The summed E-state index contributed by atoms with van der Waals surface area (Å²) in [6, 6.07) is 17.4. The molecule has 0 bridgehead atoms. The van der Waals surface area contributed by atoms with Gasteiger partial charge in [0.1, 0.15) is 5.82 Å². The second-order valence-electron chi connectivity index (χ2n) is 7.61. The van der Waals surface area contributed by atoms with Crippen molar-refractivity contribution in [3.63, 3.8) is 0 Å². The molecule has 4 heteroatoms. The Morgan fingerprint density at radius 1 is 1.15 bits per heavy atom. The van der Waals surface area contributed by atoms with E-state index in [0.29, 0.717) is 17.4 Å². The molecule has 1 fully saturated rings. The smallest absolute Gasteiger partial charge is 0.126 e. The van der Waals surface area contributed by atoms with Crippen molar-refractivity contribution in [1.82, 2.24) is 4.90 Å². The molecule has 3 rings (SSSR count). The van der Waals surface area contributed by atoms with Crippen LogP contribution < -0.4 is 0 Å². The zero-order chi connectivity index (χ0) is 19.3. The topological polar surface area (TPSA) is 27.0 Å². The van der Waals surface area contributed by atoms with E-state index in [2.05, 4.69) is 18.0 Å². The molecule has 2 aromatic rings. The van der Waals surface area contributed by atoms with Gasteiger partial charge in [-0.1, -0.05) is 41.9 Å². The summed E-state index contributed by atoms with van der Waals surface area (Å²) < 4.78 is 13.7. The lowest BCUT2D eigenvalue weighted by Crippen LogP contribution is -2.30. The zero-order valence-corrected chi connectivity index (χ0v) is 16.6. The van der Waals surface area contributed by atoms with Crippen molar-refractivity contribution >= 4 is 11.6 Å². The Labute approximate surface area is 166 Å². The van der Waals surface area contributed by atoms with Crippen molar-refractivity contribution in [2.75, 3.05) is 20.1 Å². The Kier molecular flexibility index (Phi) is 6.52. The molecule has 1 saturated carbocycles. The predicted octanol–water partition coefficient (Wildman–Crippen LogP) is 5.61.